The van der Waals surface area contributed by atoms with E-state index >= 15 is 0 Å². The molecule has 0 radical (unpaired) electrons. The van der Waals surface area contributed by atoms with Gasteiger partial charge in [-0.2, -0.15) is 0 Å². The standard InChI is InChI=1S/C10H20O2/c1-5-8(2)10(4)9(3)6-12-7-11/h7-10H,5-6H2,1-4H3. The lowest BCUT2D eigenvalue weighted by molar-refractivity contribution is -0.130. The Labute approximate surface area is 75.3 Å². The van der Waals surface area contributed by atoms with Crippen LogP contribution in [0.2, 0.25) is 0 Å². The fraction of sp³-hybridized carbons (Fsp3) is 0.900. The van der Waals surface area contributed by atoms with Crippen molar-refractivity contribution in [2.75, 3.05) is 6.61 Å². The molecule has 0 saturated heterocycles. The van der Waals surface area contributed by atoms with Gasteiger partial charge in [-0.3, -0.25) is 4.79 Å². The number of carbonyl (C=O) groups is 1. The summed E-state index contributed by atoms with van der Waals surface area (Å²) in [5.41, 5.74) is 0. The molecule has 3 atom stereocenters. The van der Waals surface area contributed by atoms with Crippen LogP contribution in [0, 0.1) is 17.8 Å². The van der Waals surface area contributed by atoms with Crippen LogP contribution in [0.4, 0.5) is 0 Å². The van der Waals surface area contributed by atoms with E-state index in [1.807, 2.05) is 0 Å². The van der Waals surface area contributed by atoms with Gasteiger partial charge < -0.3 is 4.74 Å². The largest absolute Gasteiger partial charge is 0.468 e. The van der Waals surface area contributed by atoms with Gasteiger partial charge in [-0.1, -0.05) is 34.1 Å². The summed E-state index contributed by atoms with van der Waals surface area (Å²) in [6.07, 6.45) is 1.19. The SMILES string of the molecule is CCC(C)C(C)C(C)COC=O. The molecular weight excluding hydrogens is 152 g/mol. The van der Waals surface area contributed by atoms with Crippen molar-refractivity contribution < 1.29 is 9.53 Å². The van der Waals surface area contributed by atoms with Crippen LogP contribution in [0.5, 0.6) is 0 Å². The van der Waals surface area contributed by atoms with Crippen LogP contribution < -0.4 is 0 Å². The Morgan fingerprint density at radius 3 is 2.25 bits per heavy atom. The molecule has 12 heavy (non-hydrogen) atoms. The Morgan fingerprint density at radius 1 is 1.25 bits per heavy atom. The third-order valence-electron chi connectivity index (χ3n) is 2.87. The second-order valence-corrected chi connectivity index (χ2v) is 3.65. The Balaban J connectivity index is 3.74. The predicted octanol–water partition coefficient (Wildman–Crippen LogP) is 2.48. The van der Waals surface area contributed by atoms with Crippen LogP contribution in [0.25, 0.3) is 0 Å². The molecule has 0 aromatic heterocycles. The second kappa shape index (κ2) is 6.04. The summed E-state index contributed by atoms with van der Waals surface area (Å²) < 4.78 is 4.73. The van der Waals surface area contributed by atoms with Gasteiger partial charge in [0.05, 0.1) is 6.61 Å². The third kappa shape index (κ3) is 3.74. The number of rotatable bonds is 6. The number of hydrogen-bond acceptors (Lipinski definition) is 2. The molecule has 0 N–H and O–H groups in total. The van der Waals surface area contributed by atoms with Gasteiger partial charge in [-0.15, -0.1) is 0 Å². The molecule has 0 bridgehead atoms. The van der Waals surface area contributed by atoms with Gasteiger partial charge in [0.1, 0.15) is 0 Å². The minimum absolute atomic E-state index is 0.463. The zero-order valence-corrected chi connectivity index (χ0v) is 8.54. The molecule has 0 aliphatic carbocycles. The third-order valence-corrected chi connectivity index (χ3v) is 2.87. The summed E-state index contributed by atoms with van der Waals surface area (Å²) in [5.74, 6) is 1.79. The second-order valence-electron chi connectivity index (χ2n) is 3.65. The molecule has 0 aliphatic heterocycles. The quantitative estimate of drug-likeness (QED) is 0.575. The van der Waals surface area contributed by atoms with E-state index < -0.39 is 0 Å². The molecule has 0 rings (SSSR count). The summed E-state index contributed by atoms with van der Waals surface area (Å²) in [6, 6.07) is 0. The van der Waals surface area contributed by atoms with E-state index in [4.69, 9.17) is 4.74 Å². The molecule has 2 heteroatoms. The van der Waals surface area contributed by atoms with Crippen molar-refractivity contribution >= 4 is 6.47 Å². The van der Waals surface area contributed by atoms with E-state index in [9.17, 15) is 4.79 Å². The van der Waals surface area contributed by atoms with Crippen LogP contribution >= 0.6 is 0 Å². The van der Waals surface area contributed by atoms with Gasteiger partial charge >= 0.3 is 0 Å². The lowest BCUT2D eigenvalue weighted by atomic mass is 9.84. The molecule has 0 fully saturated rings. The van der Waals surface area contributed by atoms with Gasteiger partial charge in [-0.05, 0) is 17.8 Å². The zero-order valence-electron chi connectivity index (χ0n) is 8.54. The van der Waals surface area contributed by atoms with Crippen molar-refractivity contribution in [2.45, 2.75) is 34.1 Å². The molecule has 0 heterocycles. The molecule has 0 aromatic rings. The average Bonchev–Trinajstić information content (AvgIpc) is 2.11. The topological polar surface area (TPSA) is 26.3 Å². The molecule has 0 saturated carbocycles. The summed E-state index contributed by atoms with van der Waals surface area (Å²) in [4.78, 5) is 9.95. The van der Waals surface area contributed by atoms with Crippen molar-refractivity contribution in [1.29, 1.82) is 0 Å². The highest BCUT2D eigenvalue weighted by Crippen LogP contribution is 2.22. The van der Waals surface area contributed by atoms with E-state index in [1.54, 1.807) is 0 Å². The number of hydrogen-bond donors (Lipinski definition) is 0. The lowest BCUT2D eigenvalue weighted by Gasteiger charge is -2.24. The minimum Gasteiger partial charge on any atom is -0.468 e. The Kier molecular flexibility index (Phi) is 5.77. The highest BCUT2D eigenvalue weighted by Gasteiger charge is 2.17. The van der Waals surface area contributed by atoms with E-state index in [0.717, 1.165) is 0 Å². The highest BCUT2D eigenvalue weighted by molar-refractivity contribution is 5.36. The first kappa shape index (κ1) is 11.5. The zero-order chi connectivity index (χ0) is 9.56. The normalized spacial score (nSPS) is 18.0. The average molecular weight is 172 g/mol. The van der Waals surface area contributed by atoms with Crippen LogP contribution in [0.3, 0.4) is 0 Å². The minimum atomic E-state index is 0.463. The van der Waals surface area contributed by atoms with Crippen molar-refractivity contribution in [1.82, 2.24) is 0 Å². The Hall–Kier alpha value is -0.530. The maximum Gasteiger partial charge on any atom is 0.293 e. The van der Waals surface area contributed by atoms with E-state index in [1.165, 1.54) is 6.42 Å². The Bertz CT molecular complexity index is 123. The van der Waals surface area contributed by atoms with Crippen molar-refractivity contribution in [3.05, 3.63) is 0 Å². The molecule has 2 nitrogen and oxygen atoms in total. The van der Waals surface area contributed by atoms with E-state index in [2.05, 4.69) is 27.7 Å². The number of ether oxygens (including phenoxy) is 1. The van der Waals surface area contributed by atoms with Crippen LogP contribution in [-0.4, -0.2) is 13.1 Å². The molecule has 0 aliphatic rings. The van der Waals surface area contributed by atoms with Crippen LogP contribution in [0.1, 0.15) is 34.1 Å². The van der Waals surface area contributed by atoms with Crippen molar-refractivity contribution in [2.24, 2.45) is 17.8 Å². The summed E-state index contributed by atoms with van der Waals surface area (Å²) in [7, 11) is 0. The molecule has 0 aromatic carbocycles. The Morgan fingerprint density at radius 2 is 1.83 bits per heavy atom. The molecule has 0 amide bonds. The number of carbonyl (C=O) groups excluding carboxylic acids is 1. The molecule has 0 spiro atoms. The first-order valence-corrected chi connectivity index (χ1v) is 4.68. The van der Waals surface area contributed by atoms with Crippen LogP contribution in [-0.2, 0) is 9.53 Å². The maximum absolute atomic E-state index is 9.95. The van der Waals surface area contributed by atoms with Crippen molar-refractivity contribution in [3.63, 3.8) is 0 Å². The maximum atomic E-state index is 9.95. The van der Waals surface area contributed by atoms with Gasteiger partial charge in [0.15, 0.2) is 0 Å². The smallest absolute Gasteiger partial charge is 0.293 e. The fourth-order valence-corrected chi connectivity index (χ4v) is 1.28. The summed E-state index contributed by atoms with van der Waals surface area (Å²) in [5, 5.41) is 0. The molecule has 72 valence electrons. The van der Waals surface area contributed by atoms with Crippen molar-refractivity contribution in [3.8, 4) is 0 Å². The summed E-state index contributed by atoms with van der Waals surface area (Å²) >= 11 is 0. The fourth-order valence-electron chi connectivity index (χ4n) is 1.28. The van der Waals surface area contributed by atoms with Gasteiger partial charge in [-0.25, -0.2) is 0 Å². The van der Waals surface area contributed by atoms with E-state index in [-0.39, 0.29) is 0 Å². The first-order chi connectivity index (χ1) is 5.63. The van der Waals surface area contributed by atoms with E-state index in [0.29, 0.717) is 30.8 Å². The predicted molar refractivity (Wildman–Crippen MR) is 49.8 cm³/mol. The van der Waals surface area contributed by atoms with Gasteiger partial charge in [0.25, 0.3) is 6.47 Å². The summed E-state index contributed by atoms with van der Waals surface area (Å²) in [6.45, 7) is 9.85. The van der Waals surface area contributed by atoms with Gasteiger partial charge in [0.2, 0.25) is 0 Å². The monoisotopic (exact) mass is 172 g/mol. The molecule has 3 unspecified atom stereocenters. The first-order valence-electron chi connectivity index (χ1n) is 4.68. The van der Waals surface area contributed by atoms with Gasteiger partial charge in [0, 0.05) is 0 Å². The van der Waals surface area contributed by atoms with Crippen LogP contribution in [0.15, 0.2) is 0 Å². The lowest BCUT2D eigenvalue weighted by Crippen LogP contribution is -2.20. The highest BCUT2D eigenvalue weighted by atomic mass is 16.5. The molecular formula is C10H20O2.